The summed E-state index contributed by atoms with van der Waals surface area (Å²) in [5.41, 5.74) is 0. The Kier molecular flexibility index (Phi) is 15.0. The van der Waals surface area contributed by atoms with Gasteiger partial charge in [-0.2, -0.15) is 0 Å². The number of amides is 1. The molecule has 1 amide bonds. The molecule has 0 aromatic heterocycles. The summed E-state index contributed by atoms with van der Waals surface area (Å²) in [4.78, 5) is 26.0. The van der Waals surface area contributed by atoms with Crippen molar-refractivity contribution in [3.05, 3.63) is 0 Å². The average Bonchev–Trinajstić information content (AvgIpc) is 2.57. The molecule has 0 saturated heterocycles. The van der Waals surface area contributed by atoms with Crippen molar-refractivity contribution in [1.82, 2.24) is 10.2 Å². The fraction of sp³-hybridized carbons (Fsp3) is 0.905. The number of likely N-dealkylation sites (N-methyl/N-ethyl adjacent to an activating group) is 1. The zero-order valence-corrected chi connectivity index (χ0v) is 18.4. The van der Waals surface area contributed by atoms with Crippen LogP contribution in [0.3, 0.4) is 0 Å². The van der Waals surface area contributed by atoms with E-state index in [1.165, 1.54) is 12.8 Å². The van der Waals surface area contributed by atoms with E-state index in [2.05, 4.69) is 31.0 Å². The van der Waals surface area contributed by atoms with Gasteiger partial charge in [-0.3, -0.25) is 4.79 Å². The third kappa shape index (κ3) is 16.6. The highest BCUT2D eigenvalue weighted by Gasteiger charge is 2.17. The van der Waals surface area contributed by atoms with Gasteiger partial charge in [-0.25, -0.2) is 4.79 Å². The molecule has 1 N–H and O–H groups in total. The monoisotopic (exact) mass is 386 g/mol. The predicted molar refractivity (Wildman–Crippen MR) is 110 cm³/mol. The maximum atomic E-state index is 12.1. The Balaban J connectivity index is 4.31. The van der Waals surface area contributed by atoms with Crippen molar-refractivity contribution in [2.75, 3.05) is 26.7 Å². The first-order valence-electron chi connectivity index (χ1n) is 10.6. The lowest BCUT2D eigenvalue weighted by Crippen LogP contribution is -2.35. The molecule has 0 aromatic rings. The van der Waals surface area contributed by atoms with Crippen LogP contribution in [-0.4, -0.2) is 55.9 Å². The van der Waals surface area contributed by atoms with Crippen LogP contribution in [0.4, 0.5) is 4.79 Å². The average molecular weight is 387 g/mol. The van der Waals surface area contributed by atoms with Crippen molar-refractivity contribution in [2.24, 2.45) is 5.92 Å². The molecule has 160 valence electrons. The first-order valence-corrected chi connectivity index (χ1v) is 10.6. The number of esters is 1. The van der Waals surface area contributed by atoms with Crippen LogP contribution < -0.4 is 5.32 Å². The summed E-state index contributed by atoms with van der Waals surface area (Å²) in [5, 5.41) is 2.80. The minimum atomic E-state index is -0.399. The van der Waals surface area contributed by atoms with Crippen molar-refractivity contribution in [3.63, 3.8) is 0 Å². The summed E-state index contributed by atoms with van der Waals surface area (Å²) in [5.74, 6) is 0.485. The van der Waals surface area contributed by atoms with Crippen LogP contribution >= 0.6 is 0 Å². The van der Waals surface area contributed by atoms with E-state index in [4.69, 9.17) is 9.47 Å². The molecule has 0 spiro atoms. The summed E-state index contributed by atoms with van der Waals surface area (Å²) in [6.45, 7) is 12.5. The molecular formula is C21H42N2O4. The molecule has 0 aliphatic carbocycles. The van der Waals surface area contributed by atoms with Gasteiger partial charge in [-0.05, 0) is 52.6 Å². The van der Waals surface area contributed by atoms with Crippen LogP contribution in [0, 0.1) is 5.92 Å². The van der Waals surface area contributed by atoms with Gasteiger partial charge in [0.25, 0.3) is 0 Å². The van der Waals surface area contributed by atoms with Crippen molar-refractivity contribution < 1.29 is 19.1 Å². The van der Waals surface area contributed by atoms with Crippen molar-refractivity contribution in [2.45, 2.75) is 91.8 Å². The fourth-order valence-corrected chi connectivity index (χ4v) is 2.66. The Morgan fingerprint density at radius 1 is 0.963 bits per heavy atom. The van der Waals surface area contributed by atoms with Crippen LogP contribution in [0.25, 0.3) is 0 Å². The Bertz CT molecular complexity index is 400. The number of ether oxygens (including phenoxy) is 2. The van der Waals surface area contributed by atoms with Gasteiger partial charge in [0.15, 0.2) is 0 Å². The van der Waals surface area contributed by atoms with E-state index in [0.29, 0.717) is 13.0 Å². The molecule has 0 fully saturated rings. The quantitative estimate of drug-likeness (QED) is 0.334. The standard InChI is InChI=1S/C21H42N2O4/c1-7-23(6)16-15-22-21(25)27-19(12-10-8-9-11-17(2)3)13-14-20(24)26-18(4)5/h17-19H,7-16H2,1-6H3,(H,22,25). The fourth-order valence-electron chi connectivity index (χ4n) is 2.66. The van der Waals surface area contributed by atoms with Crippen molar-refractivity contribution in [1.29, 1.82) is 0 Å². The minimum Gasteiger partial charge on any atom is -0.463 e. The summed E-state index contributed by atoms with van der Waals surface area (Å²) in [6, 6.07) is 0. The Morgan fingerprint density at radius 3 is 2.22 bits per heavy atom. The molecule has 6 nitrogen and oxygen atoms in total. The molecule has 0 bridgehead atoms. The second-order valence-corrected chi connectivity index (χ2v) is 7.96. The van der Waals surface area contributed by atoms with E-state index in [0.717, 1.165) is 38.3 Å². The molecule has 27 heavy (non-hydrogen) atoms. The zero-order chi connectivity index (χ0) is 20.7. The SMILES string of the molecule is CCN(C)CCNC(=O)OC(CCCCCC(C)C)CCC(=O)OC(C)C. The molecular weight excluding hydrogens is 344 g/mol. The van der Waals surface area contributed by atoms with Gasteiger partial charge in [0, 0.05) is 19.5 Å². The highest BCUT2D eigenvalue weighted by atomic mass is 16.6. The number of rotatable bonds is 15. The van der Waals surface area contributed by atoms with E-state index in [9.17, 15) is 9.59 Å². The Hall–Kier alpha value is -1.30. The lowest BCUT2D eigenvalue weighted by molar-refractivity contribution is -0.148. The second-order valence-electron chi connectivity index (χ2n) is 7.96. The first-order chi connectivity index (χ1) is 12.7. The normalized spacial score (nSPS) is 12.5. The maximum absolute atomic E-state index is 12.1. The van der Waals surface area contributed by atoms with Gasteiger partial charge in [-0.1, -0.05) is 40.0 Å². The molecule has 1 unspecified atom stereocenters. The lowest BCUT2D eigenvalue weighted by atomic mass is 10.0. The van der Waals surface area contributed by atoms with E-state index in [1.54, 1.807) is 0 Å². The van der Waals surface area contributed by atoms with Gasteiger partial charge >= 0.3 is 12.1 Å². The van der Waals surface area contributed by atoms with Gasteiger partial charge in [-0.15, -0.1) is 0 Å². The summed E-state index contributed by atoms with van der Waals surface area (Å²) >= 11 is 0. The zero-order valence-electron chi connectivity index (χ0n) is 18.4. The molecule has 0 heterocycles. The maximum Gasteiger partial charge on any atom is 0.407 e. The first kappa shape index (κ1) is 25.7. The summed E-state index contributed by atoms with van der Waals surface area (Å²) in [7, 11) is 2.01. The lowest BCUT2D eigenvalue weighted by Gasteiger charge is -2.19. The van der Waals surface area contributed by atoms with E-state index in [-0.39, 0.29) is 24.6 Å². The number of nitrogens with one attached hydrogen (secondary N) is 1. The predicted octanol–water partition coefficient (Wildman–Crippen LogP) is 4.37. The number of carbonyl (C=O) groups excluding carboxylic acids is 2. The van der Waals surface area contributed by atoms with Crippen molar-refractivity contribution >= 4 is 12.1 Å². The molecule has 0 radical (unpaired) electrons. The van der Waals surface area contributed by atoms with Gasteiger partial charge in [0.05, 0.1) is 6.10 Å². The van der Waals surface area contributed by atoms with Gasteiger partial charge < -0.3 is 19.7 Å². The number of carbonyl (C=O) groups is 2. The molecule has 1 atom stereocenters. The number of unbranched alkanes of at least 4 members (excludes halogenated alkanes) is 2. The molecule has 0 aliphatic rings. The van der Waals surface area contributed by atoms with E-state index in [1.807, 2.05) is 20.9 Å². The number of hydrogen-bond acceptors (Lipinski definition) is 5. The number of hydrogen-bond donors (Lipinski definition) is 1. The van der Waals surface area contributed by atoms with Gasteiger partial charge in [0.2, 0.25) is 0 Å². The van der Waals surface area contributed by atoms with E-state index >= 15 is 0 Å². The molecule has 0 aromatic carbocycles. The highest BCUT2D eigenvalue weighted by molar-refractivity contribution is 5.70. The van der Waals surface area contributed by atoms with Crippen LogP contribution in [0.2, 0.25) is 0 Å². The summed E-state index contributed by atoms with van der Waals surface area (Å²) in [6.07, 6.45) is 5.35. The number of alkyl carbamates (subject to hydrolysis) is 1. The van der Waals surface area contributed by atoms with Crippen LogP contribution in [0.1, 0.15) is 79.6 Å². The van der Waals surface area contributed by atoms with Crippen molar-refractivity contribution in [3.8, 4) is 0 Å². The largest absolute Gasteiger partial charge is 0.463 e. The highest BCUT2D eigenvalue weighted by Crippen LogP contribution is 2.16. The van der Waals surface area contributed by atoms with Gasteiger partial charge in [0.1, 0.15) is 6.10 Å². The molecule has 0 aliphatic heterocycles. The smallest absolute Gasteiger partial charge is 0.407 e. The second kappa shape index (κ2) is 15.7. The van der Waals surface area contributed by atoms with Crippen LogP contribution in [-0.2, 0) is 14.3 Å². The van der Waals surface area contributed by atoms with Crippen LogP contribution in [0.15, 0.2) is 0 Å². The number of nitrogens with zero attached hydrogens (tertiary/aromatic N) is 1. The molecule has 0 rings (SSSR count). The van der Waals surface area contributed by atoms with Crippen LogP contribution in [0.5, 0.6) is 0 Å². The third-order valence-corrected chi connectivity index (χ3v) is 4.42. The van der Waals surface area contributed by atoms with E-state index < -0.39 is 6.09 Å². The Labute approximate surface area is 166 Å². The third-order valence-electron chi connectivity index (χ3n) is 4.42. The molecule has 0 saturated carbocycles. The minimum absolute atomic E-state index is 0.119. The molecule has 6 heteroatoms. The summed E-state index contributed by atoms with van der Waals surface area (Å²) < 4.78 is 10.8. The Morgan fingerprint density at radius 2 is 1.63 bits per heavy atom. The topological polar surface area (TPSA) is 67.9 Å².